The third-order valence-corrected chi connectivity index (χ3v) is 4.36. The number of piperazine rings is 1. The Morgan fingerprint density at radius 1 is 1.21 bits per heavy atom. The minimum atomic E-state index is -0.259. The van der Waals surface area contributed by atoms with Crippen molar-refractivity contribution in [2.45, 2.75) is 44.2 Å². The molecular formula is C14H22N2O3. The third kappa shape index (κ3) is 2.61. The van der Waals surface area contributed by atoms with Crippen LogP contribution in [0.1, 0.15) is 32.1 Å². The minimum absolute atomic E-state index is 0.0661. The van der Waals surface area contributed by atoms with Crippen molar-refractivity contribution in [3.8, 4) is 0 Å². The highest BCUT2D eigenvalue weighted by Gasteiger charge is 2.50. The molecule has 2 aliphatic carbocycles. The molecule has 0 aromatic heterocycles. The first-order valence-corrected chi connectivity index (χ1v) is 7.32. The molecule has 0 radical (unpaired) electrons. The molecule has 0 spiro atoms. The minimum Gasteiger partial charge on any atom is -0.385 e. The van der Waals surface area contributed by atoms with Crippen LogP contribution >= 0.6 is 0 Å². The Bertz CT molecular complexity index is 377. The van der Waals surface area contributed by atoms with Crippen molar-refractivity contribution in [1.29, 1.82) is 0 Å². The van der Waals surface area contributed by atoms with E-state index in [1.165, 1.54) is 0 Å². The summed E-state index contributed by atoms with van der Waals surface area (Å²) in [6, 6.07) is -0.482. The second-order valence-corrected chi connectivity index (χ2v) is 5.98. The zero-order chi connectivity index (χ0) is 13.4. The first kappa shape index (κ1) is 12.9. The average Bonchev–Trinajstić information content (AvgIpc) is 3.26. The van der Waals surface area contributed by atoms with E-state index < -0.39 is 0 Å². The lowest BCUT2D eigenvalue weighted by Gasteiger charge is -2.39. The number of hydrogen-bond acceptors (Lipinski definition) is 3. The molecule has 3 rings (SSSR count). The number of nitrogens with one attached hydrogen (secondary N) is 1. The fourth-order valence-corrected chi connectivity index (χ4v) is 3.02. The Balaban J connectivity index is 1.71. The van der Waals surface area contributed by atoms with Crippen molar-refractivity contribution in [1.82, 2.24) is 10.2 Å². The van der Waals surface area contributed by atoms with Gasteiger partial charge in [-0.3, -0.25) is 9.59 Å². The highest BCUT2D eigenvalue weighted by molar-refractivity contribution is 5.97. The summed E-state index contributed by atoms with van der Waals surface area (Å²) in [7, 11) is 1.66. The molecule has 1 saturated heterocycles. The lowest BCUT2D eigenvalue weighted by atomic mass is 10.00. The highest BCUT2D eigenvalue weighted by atomic mass is 16.5. The van der Waals surface area contributed by atoms with Crippen LogP contribution in [0.15, 0.2) is 0 Å². The molecule has 0 bridgehead atoms. The SMILES string of the molecule is COCCCN1C(=O)C(C2CC2)NC(=O)C1C1CC1. The molecule has 3 fully saturated rings. The van der Waals surface area contributed by atoms with Gasteiger partial charge in [0.15, 0.2) is 0 Å². The van der Waals surface area contributed by atoms with Crippen LogP contribution in [0.2, 0.25) is 0 Å². The maximum Gasteiger partial charge on any atom is 0.246 e. The summed E-state index contributed by atoms with van der Waals surface area (Å²) in [5.41, 5.74) is 0. The number of rotatable bonds is 6. The first-order chi connectivity index (χ1) is 9.22. The van der Waals surface area contributed by atoms with Crippen LogP contribution < -0.4 is 5.32 Å². The molecule has 106 valence electrons. The summed E-state index contributed by atoms with van der Waals surface area (Å²) >= 11 is 0. The van der Waals surface area contributed by atoms with Crippen molar-refractivity contribution in [3.05, 3.63) is 0 Å². The molecule has 5 heteroatoms. The van der Waals surface area contributed by atoms with Gasteiger partial charge in [-0.15, -0.1) is 0 Å². The number of carbonyl (C=O) groups is 2. The van der Waals surface area contributed by atoms with Crippen molar-refractivity contribution < 1.29 is 14.3 Å². The zero-order valence-corrected chi connectivity index (χ0v) is 11.4. The number of methoxy groups -OCH3 is 1. The van der Waals surface area contributed by atoms with Gasteiger partial charge >= 0.3 is 0 Å². The van der Waals surface area contributed by atoms with Gasteiger partial charge in [0.05, 0.1) is 0 Å². The Hall–Kier alpha value is -1.10. The third-order valence-electron chi connectivity index (χ3n) is 4.36. The van der Waals surface area contributed by atoms with Crippen molar-refractivity contribution in [2.75, 3.05) is 20.3 Å². The van der Waals surface area contributed by atoms with Crippen LogP contribution in [0.3, 0.4) is 0 Å². The van der Waals surface area contributed by atoms with Gasteiger partial charge in [0.1, 0.15) is 12.1 Å². The maximum atomic E-state index is 12.6. The van der Waals surface area contributed by atoms with Crippen molar-refractivity contribution in [2.24, 2.45) is 11.8 Å². The molecule has 5 nitrogen and oxygen atoms in total. The summed E-state index contributed by atoms with van der Waals surface area (Å²) in [6.07, 6.45) is 5.07. The number of ether oxygens (including phenoxy) is 1. The molecule has 19 heavy (non-hydrogen) atoms. The van der Waals surface area contributed by atoms with Gasteiger partial charge in [0.25, 0.3) is 0 Å². The molecule has 2 unspecified atom stereocenters. The molecule has 0 aromatic rings. The zero-order valence-electron chi connectivity index (χ0n) is 11.4. The van der Waals surface area contributed by atoms with Crippen molar-refractivity contribution in [3.63, 3.8) is 0 Å². The maximum absolute atomic E-state index is 12.6. The van der Waals surface area contributed by atoms with E-state index in [0.29, 0.717) is 25.0 Å². The number of carbonyl (C=O) groups excluding carboxylic acids is 2. The second-order valence-electron chi connectivity index (χ2n) is 5.98. The lowest BCUT2D eigenvalue weighted by molar-refractivity contribution is -0.151. The number of hydrogen-bond donors (Lipinski definition) is 1. The van der Waals surface area contributed by atoms with Gasteiger partial charge in [-0.1, -0.05) is 0 Å². The van der Waals surface area contributed by atoms with Crippen LogP contribution in [-0.2, 0) is 14.3 Å². The Morgan fingerprint density at radius 3 is 2.47 bits per heavy atom. The lowest BCUT2D eigenvalue weighted by Crippen LogP contribution is -2.64. The Kier molecular flexibility index (Phi) is 3.48. The molecule has 1 N–H and O–H groups in total. The molecular weight excluding hydrogens is 244 g/mol. The van der Waals surface area contributed by atoms with Gasteiger partial charge in [0.2, 0.25) is 11.8 Å². The molecule has 3 aliphatic rings. The van der Waals surface area contributed by atoms with E-state index in [4.69, 9.17) is 4.74 Å². The monoisotopic (exact) mass is 266 g/mol. The molecule has 2 saturated carbocycles. The van der Waals surface area contributed by atoms with E-state index in [2.05, 4.69) is 5.32 Å². The van der Waals surface area contributed by atoms with Gasteiger partial charge in [-0.05, 0) is 43.9 Å². The fraction of sp³-hybridized carbons (Fsp3) is 0.857. The average molecular weight is 266 g/mol. The summed E-state index contributed by atoms with van der Waals surface area (Å²) < 4.78 is 5.05. The van der Waals surface area contributed by atoms with E-state index in [1.807, 2.05) is 4.90 Å². The predicted molar refractivity (Wildman–Crippen MR) is 69.4 cm³/mol. The van der Waals surface area contributed by atoms with E-state index in [0.717, 1.165) is 32.1 Å². The van der Waals surface area contributed by atoms with Crippen LogP contribution in [0.25, 0.3) is 0 Å². The van der Waals surface area contributed by atoms with Crippen LogP contribution in [0.4, 0.5) is 0 Å². The molecule has 2 atom stereocenters. The van der Waals surface area contributed by atoms with Gasteiger partial charge in [-0.2, -0.15) is 0 Å². The summed E-state index contributed by atoms with van der Waals surface area (Å²) in [5, 5.41) is 2.96. The van der Waals surface area contributed by atoms with Crippen LogP contribution in [0.5, 0.6) is 0 Å². The fourth-order valence-electron chi connectivity index (χ4n) is 3.02. The van der Waals surface area contributed by atoms with Crippen LogP contribution in [0, 0.1) is 11.8 Å². The largest absolute Gasteiger partial charge is 0.385 e. The second kappa shape index (κ2) is 5.12. The molecule has 1 aliphatic heterocycles. The standard InChI is InChI=1S/C14H22N2O3/c1-19-8-2-7-16-12(10-5-6-10)13(17)15-11(14(16)18)9-3-4-9/h9-12H,2-8H2,1H3,(H,15,17). The number of nitrogens with zero attached hydrogens (tertiary/aromatic N) is 1. The van der Waals surface area contributed by atoms with Gasteiger partial charge < -0.3 is 15.0 Å². The summed E-state index contributed by atoms with van der Waals surface area (Å²) in [4.78, 5) is 26.7. The predicted octanol–water partition coefficient (Wildman–Crippen LogP) is 0.538. The van der Waals surface area contributed by atoms with Crippen LogP contribution in [-0.4, -0.2) is 49.1 Å². The molecule has 0 aromatic carbocycles. The van der Waals surface area contributed by atoms with Gasteiger partial charge in [0, 0.05) is 20.3 Å². The highest BCUT2D eigenvalue weighted by Crippen LogP contribution is 2.40. The van der Waals surface area contributed by atoms with Gasteiger partial charge in [-0.25, -0.2) is 0 Å². The van der Waals surface area contributed by atoms with E-state index in [-0.39, 0.29) is 23.9 Å². The summed E-state index contributed by atoms with van der Waals surface area (Å²) in [6.45, 7) is 1.28. The topological polar surface area (TPSA) is 58.6 Å². The van der Waals surface area contributed by atoms with E-state index in [9.17, 15) is 9.59 Å². The smallest absolute Gasteiger partial charge is 0.246 e. The molecule has 1 heterocycles. The number of amides is 2. The molecule has 2 amide bonds. The normalized spacial score (nSPS) is 31.5. The van der Waals surface area contributed by atoms with E-state index >= 15 is 0 Å². The Morgan fingerprint density at radius 2 is 1.89 bits per heavy atom. The van der Waals surface area contributed by atoms with E-state index in [1.54, 1.807) is 7.11 Å². The first-order valence-electron chi connectivity index (χ1n) is 7.32. The van der Waals surface area contributed by atoms with Crippen molar-refractivity contribution >= 4 is 11.8 Å². The Labute approximate surface area is 113 Å². The summed E-state index contributed by atoms with van der Waals surface area (Å²) in [5.74, 6) is 0.958. The quantitative estimate of drug-likeness (QED) is 0.714.